The molecule has 0 aliphatic heterocycles. The van der Waals surface area contributed by atoms with Gasteiger partial charge in [-0.1, -0.05) is 12.8 Å². The summed E-state index contributed by atoms with van der Waals surface area (Å²) in [5.41, 5.74) is 5.15. The summed E-state index contributed by atoms with van der Waals surface area (Å²) in [6, 6.07) is 0. The van der Waals surface area contributed by atoms with E-state index in [-0.39, 0.29) is 29.7 Å². The lowest BCUT2D eigenvalue weighted by molar-refractivity contribution is 0.0871. The molecule has 0 aromatic carbocycles. The van der Waals surface area contributed by atoms with Crippen LogP contribution < -0.4 is 11.1 Å². The highest BCUT2D eigenvalue weighted by Crippen LogP contribution is 2.36. The van der Waals surface area contributed by atoms with Gasteiger partial charge in [0.2, 0.25) is 11.8 Å². The number of anilines is 1. The Morgan fingerprint density at radius 3 is 2.76 bits per heavy atom. The van der Waals surface area contributed by atoms with E-state index >= 15 is 0 Å². The van der Waals surface area contributed by atoms with Crippen LogP contribution >= 0.6 is 0 Å². The Bertz CT molecular complexity index is 397. The van der Waals surface area contributed by atoms with Gasteiger partial charge >= 0.3 is 0 Å². The second kappa shape index (κ2) is 4.70. The van der Waals surface area contributed by atoms with Gasteiger partial charge in [-0.3, -0.25) is 9.89 Å². The Morgan fingerprint density at radius 2 is 2.24 bits per heavy atom. The minimum atomic E-state index is -0.339. The van der Waals surface area contributed by atoms with Crippen LogP contribution in [0.5, 0.6) is 0 Å². The summed E-state index contributed by atoms with van der Waals surface area (Å²) in [5.74, 6) is -0.185. The highest BCUT2D eigenvalue weighted by Gasteiger charge is 2.33. The average molecular weight is 239 g/mol. The lowest BCUT2D eigenvalue weighted by Crippen LogP contribution is -2.38. The van der Waals surface area contributed by atoms with Gasteiger partial charge in [-0.15, -0.1) is 5.10 Å². The second-order valence-electron chi connectivity index (χ2n) is 4.59. The third-order valence-corrected chi connectivity index (χ3v) is 3.34. The van der Waals surface area contributed by atoms with Crippen molar-refractivity contribution in [3.05, 3.63) is 5.82 Å². The van der Waals surface area contributed by atoms with Crippen molar-refractivity contribution in [2.24, 2.45) is 5.41 Å². The molecule has 1 amide bonds. The second-order valence-corrected chi connectivity index (χ2v) is 4.59. The van der Waals surface area contributed by atoms with E-state index in [4.69, 9.17) is 5.73 Å². The van der Waals surface area contributed by atoms with Gasteiger partial charge < -0.3 is 16.2 Å². The molecule has 1 aliphatic rings. The van der Waals surface area contributed by atoms with Gasteiger partial charge in [-0.05, 0) is 12.8 Å². The number of carbonyl (C=O) groups excluding carboxylic acids is 1. The molecule has 0 radical (unpaired) electrons. The molecule has 17 heavy (non-hydrogen) atoms. The first-order valence-corrected chi connectivity index (χ1v) is 5.72. The predicted octanol–water partition coefficient (Wildman–Crippen LogP) is -0.331. The van der Waals surface area contributed by atoms with E-state index in [0.717, 1.165) is 25.7 Å². The summed E-state index contributed by atoms with van der Waals surface area (Å²) in [5, 5.41) is 18.2. The molecule has 0 unspecified atom stereocenters. The van der Waals surface area contributed by atoms with E-state index in [1.807, 2.05) is 0 Å². The smallest absolute Gasteiger partial charge is 0.288 e. The topological polar surface area (TPSA) is 117 Å². The first-order chi connectivity index (χ1) is 8.15. The fourth-order valence-corrected chi connectivity index (χ4v) is 2.24. The fraction of sp³-hybridized carbons (Fsp3) is 0.700. The number of hydrogen-bond donors (Lipinski definition) is 4. The van der Waals surface area contributed by atoms with Gasteiger partial charge in [0.1, 0.15) is 0 Å². The molecule has 0 bridgehead atoms. The van der Waals surface area contributed by atoms with Crippen LogP contribution in [-0.2, 0) is 0 Å². The zero-order valence-electron chi connectivity index (χ0n) is 9.57. The van der Waals surface area contributed by atoms with Gasteiger partial charge in [0.25, 0.3) is 5.91 Å². The molecular weight excluding hydrogens is 222 g/mol. The summed E-state index contributed by atoms with van der Waals surface area (Å²) in [4.78, 5) is 15.4. The maximum atomic E-state index is 11.7. The van der Waals surface area contributed by atoms with Gasteiger partial charge in [-0.2, -0.15) is 4.98 Å². The molecular formula is C10H17N5O2. The molecule has 2 rings (SSSR count). The van der Waals surface area contributed by atoms with Crippen molar-refractivity contribution >= 4 is 11.9 Å². The summed E-state index contributed by atoms with van der Waals surface area (Å²) < 4.78 is 0. The lowest BCUT2D eigenvalue weighted by atomic mass is 9.87. The number of rotatable bonds is 4. The summed E-state index contributed by atoms with van der Waals surface area (Å²) in [6.07, 6.45) is 4.10. The molecule has 0 saturated heterocycles. The van der Waals surface area contributed by atoms with Crippen molar-refractivity contribution in [1.29, 1.82) is 0 Å². The fourth-order valence-electron chi connectivity index (χ4n) is 2.24. The van der Waals surface area contributed by atoms with Crippen LogP contribution in [0, 0.1) is 5.41 Å². The van der Waals surface area contributed by atoms with E-state index in [9.17, 15) is 9.90 Å². The highest BCUT2D eigenvalue weighted by molar-refractivity contribution is 5.90. The lowest BCUT2D eigenvalue weighted by Gasteiger charge is -2.26. The van der Waals surface area contributed by atoms with Crippen LogP contribution in [0.2, 0.25) is 0 Å². The Kier molecular flexibility index (Phi) is 3.28. The number of hydrogen-bond acceptors (Lipinski definition) is 5. The molecule has 1 heterocycles. The highest BCUT2D eigenvalue weighted by atomic mass is 16.3. The van der Waals surface area contributed by atoms with Crippen molar-refractivity contribution in [3.63, 3.8) is 0 Å². The number of H-pyrrole nitrogens is 1. The zero-order chi connectivity index (χ0) is 12.3. The standard InChI is InChI=1S/C10H17N5O2/c11-9-13-7(14-15-9)8(17)12-5-10(6-16)3-1-2-4-10/h16H,1-6H2,(H,12,17)(H3,11,13,14,15). The number of nitrogens with one attached hydrogen (secondary N) is 2. The van der Waals surface area contributed by atoms with Crippen LogP contribution in [0.3, 0.4) is 0 Å². The van der Waals surface area contributed by atoms with Crippen molar-refractivity contribution in [3.8, 4) is 0 Å². The first-order valence-electron chi connectivity index (χ1n) is 5.72. The number of nitrogens with two attached hydrogens (primary N) is 1. The Hall–Kier alpha value is -1.63. The summed E-state index contributed by atoms with van der Waals surface area (Å²) in [6.45, 7) is 0.564. The largest absolute Gasteiger partial charge is 0.396 e. The normalized spacial score (nSPS) is 18.2. The van der Waals surface area contributed by atoms with E-state index in [1.54, 1.807) is 0 Å². The van der Waals surface area contributed by atoms with Gasteiger partial charge in [0.15, 0.2) is 0 Å². The first kappa shape index (κ1) is 11.8. The monoisotopic (exact) mass is 239 g/mol. The number of carbonyl (C=O) groups is 1. The number of nitrogens with zero attached hydrogens (tertiary/aromatic N) is 2. The molecule has 94 valence electrons. The Balaban J connectivity index is 1.91. The minimum Gasteiger partial charge on any atom is -0.396 e. The minimum absolute atomic E-state index is 0.0490. The number of aromatic amines is 1. The number of aliphatic hydroxyl groups is 1. The Morgan fingerprint density at radius 1 is 1.53 bits per heavy atom. The van der Waals surface area contributed by atoms with Crippen molar-refractivity contribution in [2.75, 3.05) is 18.9 Å². The molecule has 0 atom stereocenters. The molecule has 1 saturated carbocycles. The van der Waals surface area contributed by atoms with Crippen LogP contribution in [0.1, 0.15) is 36.3 Å². The number of aromatic nitrogens is 3. The third kappa shape index (κ3) is 2.55. The van der Waals surface area contributed by atoms with E-state index in [1.165, 1.54) is 0 Å². The maximum absolute atomic E-state index is 11.7. The predicted molar refractivity (Wildman–Crippen MR) is 61.1 cm³/mol. The summed E-state index contributed by atoms with van der Waals surface area (Å²) >= 11 is 0. The van der Waals surface area contributed by atoms with Gasteiger partial charge in [0, 0.05) is 12.0 Å². The quantitative estimate of drug-likeness (QED) is 0.574. The zero-order valence-corrected chi connectivity index (χ0v) is 9.57. The Labute approximate surface area is 98.8 Å². The third-order valence-electron chi connectivity index (χ3n) is 3.34. The average Bonchev–Trinajstić information content (AvgIpc) is 2.95. The SMILES string of the molecule is Nc1n[nH]c(C(=O)NCC2(CO)CCCC2)n1. The molecule has 1 fully saturated rings. The van der Waals surface area contributed by atoms with Crippen molar-refractivity contribution in [1.82, 2.24) is 20.5 Å². The van der Waals surface area contributed by atoms with Crippen molar-refractivity contribution < 1.29 is 9.90 Å². The maximum Gasteiger partial charge on any atom is 0.288 e. The molecule has 1 aromatic heterocycles. The van der Waals surface area contributed by atoms with Gasteiger partial charge in [0.05, 0.1) is 6.61 Å². The molecule has 7 nitrogen and oxygen atoms in total. The number of aliphatic hydroxyl groups excluding tert-OH is 1. The molecule has 1 aliphatic carbocycles. The van der Waals surface area contributed by atoms with Crippen LogP contribution in [-0.4, -0.2) is 39.3 Å². The number of amides is 1. The van der Waals surface area contributed by atoms with E-state index < -0.39 is 0 Å². The van der Waals surface area contributed by atoms with Crippen LogP contribution in [0.4, 0.5) is 5.95 Å². The van der Waals surface area contributed by atoms with E-state index in [2.05, 4.69) is 20.5 Å². The molecule has 5 N–H and O–H groups in total. The van der Waals surface area contributed by atoms with Crippen LogP contribution in [0.25, 0.3) is 0 Å². The van der Waals surface area contributed by atoms with Crippen molar-refractivity contribution in [2.45, 2.75) is 25.7 Å². The molecule has 0 spiro atoms. The van der Waals surface area contributed by atoms with E-state index in [0.29, 0.717) is 6.54 Å². The molecule has 7 heteroatoms. The number of nitrogen functional groups attached to an aromatic ring is 1. The van der Waals surface area contributed by atoms with Gasteiger partial charge in [-0.25, -0.2) is 0 Å². The molecule has 1 aromatic rings. The summed E-state index contributed by atoms with van der Waals surface area (Å²) in [7, 11) is 0. The van der Waals surface area contributed by atoms with Crippen LogP contribution in [0.15, 0.2) is 0 Å².